The first kappa shape index (κ1) is 13.0. The third-order valence-electron chi connectivity index (χ3n) is 2.89. The minimum atomic E-state index is -0.538. The standard InChI is InChI=1S/C15H15NO3/c1-9-6-7-10(2)11(8-9)16-15(19)14-12(17)4-3-5-13(14)18/h3-8,17-18H,1-2H3,(H,16,19). The van der Waals surface area contributed by atoms with Crippen LogP contribution >= 0.6 is 0 Å². The van der Waals surface area contributed by atoms with Crippen molar-refractivity contribution in [1.82, 2.24) is 0 Å². The molecule has 1 amide bonds. The molecule has 4 heteroatoms. The van der Waals surface area contributed by atoms with Gasteiger partial charge in [0.25, 0.3) is 5.91 Å². The zero-order valence-electron chi connectivity index (χ0n) is 10.8. The lowest BCUT2D eigenvalue weighted by Crippen LogP contribution is -2.13. The minimum Gasteiger partial charge on any atom is -0.507 e. The van der Waals surface area contributed by atoms with Gasteiger partial charge in [-0.15, -0.1) is 0 Å². The molecule has 0 aliphatic heterocycles. The molecule has 0 aliphatic rings. The van der Waals surface area contributed by atoms with Gasteiger partial charge < -0.3 is 15.5 Å². The molecule has 0 atom stereocenters. The van der Waals surface area contributed by atoms with Crippen LogP contribution in [0.4, 0.5) is 5.69 Å². The van der Waals surface area contributed by atoms with Gasteiger partial charge in [0.2, 0.25) is 0 Å². The van der Waals surface area contributed by atoms with Gasteiger partial charge in [0.15, 0.2) is 0 Å². The molecule has 0 unspecified atom stereocenters. The average Bonchev–Trinajstić information content (AvgIpc) is 2.33. The number of phenolic OH excluding ortho intramolecular Hbond substituents is 2. The molecule has 2 aromatic carbocycles. The summed E-state index contributed by atoms with van der Waals surface area (Å²) in [6.45, 7) is 3.80. The van der Waals surface area contributed by atoms with Crippen molar-refractivity contribution < 1.29 is 15.0 Å². The number of phenols is 2. The van der Waals surface area contributed by atoms with Gasteiger partial charge in [-0.05, 0) is 43.2 Å². The van der Waals surface area contributed by atoms with Crippen LogP contribution in [0.15, 0.2) is 36.4 Å². The first-order valence-corrected chi connectivity index (χ1v) is 5.88. The van der Waals surface area contributed by atoms with E-state index in [-0.39, 0.29) is 17.1 Å². The van der Waals surface area contributed by atoms with E-state index in [1.54, 1.807) is 0 Å². The molecule has 0 spiro atoms. The number of amides is 1. The summed E-state index contributed by atoms with van der Waals surface area (Å²) in [5.41, 5.74) is 2.47. The molecule has 0 saturated heterocycles. The molecular formula is C15H15NO3. The molecule has 4 nitrogen and oxygen atoms in total. The molecule has 19 heavy (non-hydrogen) atoms. The van der Waals surface area contributed by atoms with Crippen LogP contribution in [0.2, 0.25) is 0 Å². The van der Waals surface area contributed by atoms with Crippen LogP contribution in [-0.2, 0) is 0 Å². The van der Waals surface area contributed by atoms with E-state index in [4.69, 9.17) is 0 Å². The van der Waals surface area contributed by atoms with Crippen LogP contribution in [-0.4, -0.2) is 16.1 Å². The van der Waals surface area contributed by atoms with Crippen molar-refractivity contribution in [3.05, 3.63) is 53.1 Å². The molecule has 0 aliphatic carbocycles. The number of anilines is 1. The van der Waals surface area contributed by atoms with E-state index in [2.05, 4.69) is 5.32 Å². The topological polar surface area (TPSA) is 69.6 Å². The Bertz CT molecular complexity index is 615. The highest BCUT2D eigenvalue weighted by Crippen LogP contribution is 2.27. The summed E-state index contributed by atoms with van der Waals surface area (Å²) in [6, 6.07) is 9.87. The highest BCUT2D eigenvalue weighted by atomic mass is 16.3. The SMILES string of the molecule is Cc1ccc(C)c(NC(=O)c2c(O)cccc2O)c1. The van der Waals surface area contributed by atoms with Crippen LogP contribution in [0.3, 0.4) is 0 Å². The second-order valence-electron chi connectivity index (χ2n) is 4.44. The Morgan fingerprint density at radius 2 is 1.68 bits per heavy atom. The molecule has 98 valence electrons. The second kappa shape index (κ2) is 5.02. The molecule has 3 N–H and O–H groups in total. The zero-order valence-corrected chi connectivity index (χ0v) is 10.8. The van der Waals surface area contributed by atoms with E-state index in [9.17, 15) is 15.0 Å². The van der Waals surface area contributed by atoms with Gasteiger partial charge in [0.05, 0.1) is 0 Å². The number of benzene rings is 2. The van der Waals surface area contributed by atoms with Crippen LogP contribution in [0, 0.1) is 13.8 Å². The Balaban J connectivity index is 2.34. The van der Waals surface area contributed by atoms with E-state index in [1.807, 2.05) is 32.0 Å². The predicted molar refractivity (Wildman–Crippen MR) is 73.6 cm³/mol. The Morgan fingerprint density at radius 1 is 1.05 bits per heavy atom. The van der Waals surface area contributed by atoms with E-state index in [0.29, 0.717) is 5.69 Å². The van der Waals surface area contributed by atoms with Crippen LogP contribution in [0.1, 0.15) is 21.5 Å². The van der Waals surface area contributed by atoms with Crippen molar-refractivity contribution in [3.8, 4) is 11.5 Å². The monoisotopic (exact) mass is 257 g/mol. The van der Waals surface area contributed by atoms with Gasteiger partial charge in [-0.2, -0.15) is 0 Å². The van der Waals surface area contributed by atoms with Crippen molar-refractivity contribution in [2.45, 2.75) is 13.8 Å². The van der Waals surface area contributed by atoms with Crippen molar-refractivity contribution in [3.63, 3.8) is 0 Å². The van der Waals surface area contributed by atoms with Crippen LogP contribution in [0.5, 0.6) is 11.5 Å². The maximum Gasteiger partial charge on any atom is 0.263 e. The van der Waals surface area contributed by atoms with Crippen molar-refractivity contribution in [2.75, 3.05) is 5.32 Å². The van der Waals surface area contributed by atoms with Gasteiger partial charge in [-0.1, -0.05) is 18.2 Å². The summed E-state index contributed by atoms with van der Waals surface area (Å²) in [5.74, 6) is -1.03. The highest BCUT2D eigenvalue weighted by Gasteiger charge is 2.16. The molecule has 0 fully saturated rings. The molecule has 2 aromatic rings. The van der Waals surface area contributed by atoms with Crippen molar-refractivity contribution in [2.24, 2.45) is 0 Å². The smallest absolute Gasteiger partial charge is 0.263 e. The van der Waals surface area contributed by atoms with Crippen LogP contribution in [0.25, 0.3) is 0 Å². The third-order valence-corrected chi connectivity index (χ3v) is 2.89. The van der Waals surface area contributed by atoms with Gasteiger partial charge in [0, 0.05) is 5.69 Å². The third kappa shape index (κ3) is 2.68. The summed E-state index contributed by atoms with van der Waals surface area (Å²) in [7, 11) is 0. The summed E-state index contributed by atoms with van der Waals surface area (Å²) >= 11 is 0. The second-order valence-corrected chi connectivity index (χ2v) is 4.44. The largest absolute Gasteiger partial charge is 0.507 e. The zero-order chi connectivity index (χ0) is 14.0. The van der Waals surface area contributed by atoms with E-state index < -0.39 is 5.91 Å². The lowest BCUT2D eigenvalue weighted by Gasteiger charge is -2.11. The number of aryl methyl sites for hydroxylation is 2. The molecule has 0 aromatic heterocycles. The highest BCUT2D eigenvalue weighted by molar-refractivity contribution is 6.08. The van der Waals surface area contributed by atoms with Crippen LogP contribution < -0.4 is 5.32 Å². The van der Waals surface area contributed by atoms with Gasteiger partial charge in [-0.3, -0.25) is 4.79 Å². The molecular weight excluding hydrogens is 242 g/mol. The molecule has 0 heterocycles. The Morgan fingerprint density at radius 3 is 2.32 bits per heavy atom. The Hall–Kier alpha value is -2.49. The lowest BCUT2D eigenvalue weighted by molar-refractivity contribution is 0.102. The predicted octanol–water partition coefficient (Wildman–Crippen LogP) is 2.97. The average molecular weight is 257 g/mol. The molecule has 2 rings (SSSR count). The fourth-order valence-electron chi connectivity index (χ4n) is 1.82. The number of nitrogens with one attached hydrogen (secondary N) is 1. The summed E-state index contributed by atoms with van der Waals surface area (Å²) < 4.78 is 0. The minimum absolute atomic E-state index is 0.122. The van der Waals surface area contributed by atoms with Crippen molar-refractivity contribution in [1.29, 1.82) is 0 Å². The van der Waals surface area contributed by atoms with E-state index in [1.165, 1.54) is 18.2 Å². The first-order chi connectivity index (χ1) is 8.99. The summed E-state index contributed by atoms with van der Waals surface area (Å²) in [4.78, 5) is 12.1. The number of carbonyl (C=O) groups excluding carboxylic acids is 1. The summed E-state index contributed by atoms with van der Waals surface area (Å²) in [6.07, 6.45) is 0. The normalized spacial score (nSPS) is 10.2. The van der Waals surface area contributed by atoms with Gasteiger partial charge >= 0.3 is 0 Å². The number of carbonyl (C=O) groups is 1. The van der Waals surface area contributed by atoms with E-state index >= 15 is 0 Å². The quantitative estimate of drug-likeness (QED) is 0.774. The first-order valence-electron chi connectivity index (χ1n) is 5.88. The molecule has 0 bridgehead atoms. The Labute approximate surface area is 111 Å². The maximum atomic E-state index is 12.1. The fourth-order valence-corrected chi connectivity index (χ4v) is 1.82. The lowest BCUT2D eigenvalue weighted by atomic mass is 10.1. The van der Waals surface area contributed by atoms with E-state index in [0.717, 1.165) is 11.1 Å². The van der Waals surface area contributed by atoms with Gasteiger partial charge in [0.1, 0.15) is 17.1 Å². The van der Waals surface area contributed by atoms with Crippen molar-refractivity contribution >= 4 is 11.6 Å². The number of hydrogen-bond donors (Lipinski definition) is 3. The number of aromatic hydroxyl groups is 2. The maximum absolute atomic E-state index is 12.1. The molecule has 0 radical (unpaired) electrons. The number of hydrogen-bond acceptors (Lipinski definition) is 3. The molecule has 0 saturated carbocycles. The summed E-state index contributed by atoms with van der Waals surface area (Å²) in [5, 5.41) is 22.0. The Kier molecular flexibility index (Phi) is 3.42. The number of rotatable bonds is 2. The fraction of sp³-hybridized carbons (Fsp3) is 0.133. The van der Waals surface area contributed by atoms with Gasteiger partial charge in [-0.25, -0.2) is 0 Å².